The van der Waals surface area contributed by atoms with Gasteiger partial charge in [0.2, 0.25) is 0 Å². The summed E-state index contributed by atoms with van der Waals surface area (Å²) in [6.07, 6.45) is 4.92. The molecule has 18 heavy (non-hydrogen) atoms. The molecule has 0 saturated carbocycles. The fourth-order valence-corrected chi connectivity index (χ4v) is 3.32. The Bertz CT molecular complexity index is 634. The van der Waals surface area contributed by atoms with E-state index in [-0.39, 0.29) is 0 Å². The molecule has 3 heteroatoms. The lowest BCUT2D eigenvalue weighted by atomic mass is 9.90. The van der Waals surface area contributed by atoms with Crippen LogP contribution in [0.5, 0.6) is 0 Å². The maximum atomic E-state index is 9.15. The summed E-state index contributed by atoms with van der Waals surface area (Å²) in [4.78, 5) is 5.22. The van der Waals surface area contributed by atoms with Gasteiger partial charge in [0.15, 0.2) is 0 Å². The zero-order valence-electron chi connectivity index (χ0n) is 10.4. The molecule has 1 aromatic heterocycles. The lowest BCUT2D eigenvalue weighted by Gasteiger charge is -2.16. The molecule has 2 aromatic rings. The Balaban J connectivity index is 2.09. The van der Waals surface area contributed by atoms with E-state index in [1.165, 1.54) is 41.7 Å². The highest BCUT2D eigenvalue weighted by molar-refractivity contribution is 7.12. The van der Waals surface area contributed by atoms with Gasteiger partial charge in [0.1, 0.15) is 10.9 Å². The Labute approximate surface area is 111 Å². The van der Waals surface area contributed by atoms with Crippen LogP contribution in [0.15, 0.2) is 18.2 Å². The lowest BCUT2D eigenvalue weighted by molar-refractivity contribution is 0.686. The summed E-state index contributed by atoms with van der Waals surface area (Å²) in [5.41, 5.74) is 4.86. The number of nitrogens with zero attached hydrogens (tertiary/aromatic N) is 2. The number of nitriles is 1. The van der Waals surface area contributed by atoms with Gasteiger partial charge in [0.05, 0.1) is 10.7 Å². The van der Waals surface area contributed by atoms with Crippen LogP contribution in [0.4, 0.5) is 0 Å². The minimum atomic E-state index is 0.725. The molecule has 0 saturated heterocycles. The molecule has 1 aromatic carbocycles. The first-order chi connectivity index (χ1) is 8.78. The van der Waals surface area contributed by atoms with Gasteiger partial charge >= 0.3 is 0 Å². The van der Waals surface area contributed by atoms with Crippen LogP contribution in [0.2, 0.25) is 0 Å². The van der Waals surface area contributed by atoms with E-state index in [9.17, 15) is 0 Å². The van der Waals surface area contributed by atoms with E-state index in [0.29, 0.717) is 0 Å². The number of hydrogen-bond donors (Lipinski definition) is 0. The Kier molecular flexibility index (Phi) is 2.89. The first kappa shape index (κ1) is 11.4. The van der Waals surface area contributed by atoms with E-state index in [1.54, 1.807) is 0 Å². The van der Waals surface area contributed by atoms with Gasteiger partial charge in [-0.3, -0.25) is 0 Å². The largest absolute Gasteiger partial charge is 0.240 e. The topological polar surface area (TPSA) is 36.7 Å². The van der Waals surface area contributed by atoms with Crippen molar-refractivity contribution >= 4 is 11.3 Å². The van der Waals surface area contributed by atoms with Gasteiger partial charge in [-0.05, 0) is 49.8 Å². The number of aromatic nitrogens is 1. The van der Waals surface area contributed by atoms with Crippen LogP contribution in [0.3, 0.4) is 0 Å². The minimum Gasteiger partial charge on any atom is -0.240 e. The average molecular weight is 254 g/mol. The van der Waals surface area contributed by atoms with Crippen molar-refractivity contribution in [2.24, 2.45) is 0 Å². The zero-order chi connectivity index (χ0) is 12.5. The number of fused-ring (bicyclic) bond motifs is 1. The second-order valence-corrected chi connectivity index (χ2v) is 5.92. The molecule has 90 valence electrons. The molecule has 0 spiro atoms. The molecule has 2 nitrogen and oxygen atoms in total. The van der Waals surface area contributed by atoms with Crippen molar-refractivity contribution in [1.29, 1.82) is 5.26 Å². The molecule has 0 amide bonds. The van der Waals surface area contributed by atoms with Gasteiger partial charge in [0.25, 0.3) is 0 Å². The van der Waals surface area contributed by atoms with E-state index in [2.05, 4.69) is 29.3 Å². The van der Waals surface area contributed by atoms with Gasteiger partial charge in [-0.2, -0.15) is 5.26 Å². The van der Waals surface area contributed by atoms with Crippen molar-refractivity contribution in [1.82, 2.24) is 4.98 Å². The lowest BCUT2D eigenvalue weighted by Crippen LogP contribution is -2.02. The van der Waals surface area contributed by atoms with Crippen molar-refractivity contribution in [2.45, 2.75) is 32.6 Å². The molecule has 1 heterocycles. The molecule has 0 bridgehead atoms. The van der Waals surface area contributed by atoms with E-state index in [4.69, 9.17) is 5.26 Å². The first-order valence-corrected chi connectivity index (χ1v) is 7.09. The van der Waals surface area contributed by atoms with Crippen LogP contribution >= 0.6 is 11.3 Å². The molecule has 0 fully saturated rings. The second kappa shape index (κ2) is 4.55. The Morgan fingerprint density at radius 2 is 2.00 bits per heavy atom. The van der Waals surface area contributed by atoms with E-state index < -0.39 is 0 Å². The third kappa shape index (κ3) is 1.93. The van der Waals surface area contributed by atoms with E-state index in [1.807, 2.05) is 6.92 Å². The Morgan fingerprint density at radius 1 is 1.22 bits per heavy atom. The molecular weight excluding hydrogens is 240 g/mol. The highest BCUT2D eigenvalue weighted by Gasteiger charge is 2.14. The van der Waals surface area contributed by atoms with Crippen molar-refractivity contribution in [3.63, 3.8) is 0 Å². The normalized spacial score (nSPS) is 14.0. The fraction of sp³-hybridized carbons (Fsp3) is 0.333. The second-order valence-electron chi connectivity index (χ2n) is 4.71. The maximum absolute atomic E-state index is 9.15. The SMILES string of the molecule is Cc1nc(-c2ccc3c(c2)CCCC3)c(C#N)s1. The number of benzene rings is 1. The monoisotopic (exact) mass is 254 g/mol. The minimum absolute atomic E-state index is 0.725. The third-order valence-electron chi connectivity index (χ3n) is 3.46. The van der Waals surface area contributed by atoms with Crippen LogP contribution < -0.4 is 0 Å². The Hall–Kier alpha value is -1.66. The summed E-state index contributed by atoms with van der Waals surface area (Å²) in [6.45, 7) is 1.95. The van der Waals surface area contributed by atoms with Crippen LogP contribution in [-0.4, -0.2) is 4.98 Å². The van der Waals surface area contributed by atoms with Crippen molar-refractivity contribution in [3.8, 4) is 17.3 Å². The number of hydrogen-bond acceptors (Lipinski definition) is 3. The predicted octanol–water partition coefficient (Wildman–Crippen LogP) is 3.87. The third-order valence-corrected chi connectivity index (χ3v) is 4.33. The van der Waals surface area contributed by atoms with Crippen molar-refractivity contribution in [3.05, 3.63) is 39.2 Å². The van der Waals surface area contributed by atoms with Crippen molar-refractivity contribution < 1.29 is 0 Å². The van der Waals surface area contributed by atoms with Crippen LogP contribution in [0, 0.1) is 18.3 Å². The standard InChI is InChI=1S/C15H14N2S/c1-10-17-15(14(9-16)18-10)13-7-6-11-4-2-3-5-12(11)8-13/h6-8H,2-5H2,1H3. The molecule has 1 aliphatic carbocycles. The van der Waals surface area contributed by atoms with Gasteiger partial charge in [-0.25, -0.2) is 4.98 Å². The Morgan fingerprint density at radius 3 is 2.78 bits per heavy atom. The summed E-state index contributed by atoms with van der Waals surface area (Å²) in [7, 11) is 0. The quantitative estimate of drug-likeness (QED) is 0.774. The van der Waals surface area contributed by atoms with E-state index in [0.717, 1.165) is 27.6 Å². The molecule has 3 rings (SSSR count). The number of thiazole rings is 1. The van der Waals surface area contributed by atoms with Gasteiger partial charge in [-0.15, -0.1) is 11.3 Å². The summed E-state index contributed by atoms with van der Waals surface area (Å²) >= 11 is 1.47. The maximum Gasteiger partial charge on any atom is 0.132 e. The fourth-order valence-electron chi connectivity index (χ4n) is 2.58. The van der Waals surface area contributed by atoms with E-state index >= 15 is 0 Å². The molecule has 0 radical (unpaired) electrons. The van der Waals surface area contributed by atoms with Crippen LogP contribution in [0.25, 0.3) is 11.3 Å². The van der Waals surface area contributed by atoms with Gasteiger partial charge < -0.3 is 0 Å². The zero-order valence-corrected chi connectivity index (χ0v) is 11.2. The predicted molar refractivity (Wildman–Crippen MR) is 73.6 cm³/mol. The molecule has 0 atom stereocenters. The summed E-state index contributed by atoms with van der Waals surface area (Å²) in [5, 5.41) is 10.1. The summed E-state index contributed by atoms with van der Waals surface area (Å²) in [6, 6.07) is 8.80. The highest BCUT2D eigenvalue weighted by Crippen LogP contribution is 2.31. The molecule has 0 N–H and O–H groups in total. The number of aryl methyl sites for hydroxylation is 3. The summed E-state index contributed by atoms with van der Waals surface area (Å²) < 4.78 is 0. The highest BCUT2D eigenvalue weighted by atomic mass is 32.1. The van der Waals surface area contributed by atoms with Gasteiger partial charge in [-0.1, -0.05) is 12.1 Å². The number of rotatable bonds is 1. The molecular formula is C15H14N2S. The first-order valence-electron chi connectivity index (χ1n) is 6.27. The smallest absolute Gasteiger partial charge is 0.132 e. The van der Waals surface area contributed by atoms with Gasteiger partial charge in [0, 0.05) is 5.56 Å². The van der Waals surface area contributed by atoms with Crippen LogP contribution in [0.1, 0.15) is 33.9 Å². The molecule has 0 aliphatic heterocycles. The molecule has 1 aliphatic rings. The van der Waals surface area contributed by atoms with Crippen LogP contribution in [-0.2, 0) is 12.8 Å². The summed E-state index contributed by atoms with van der Waals surface area (Å²) in [5.74, 6) is 0. The average Bonchev–Trinajstić information content (AvgIpc) is 2.79. The molecule has 0 unspecified atom stereocenters. The van der Waals surface area contributed by atoms with Crippen molar-refractivity contribution in [2.75, 3.05) is 0 Å².